The van der Waals surface area contributed by atoms with E-state index < -0.39 is 11.6 Å². The van der Waals surface area contributed by atoms with Crippen molar-refractivity contribution in [1.82, 2.24) is 15.0 Å². The van der Waals surface area contributed by atoms with Crippen LogP contribution in [0.1, 0.15) is 11.3 Å². The number of nitrogens with one attached hydrogen (secondary N) is 1. The number of nitriles is 1. The Bertz CT molecular complexity index is 1230. The van der Waals surface area contributed by atoms with Crippen LogP contribution in [0.4, 0.5) is 14.6 Å². The summed E-state index contributed by atoms with van der Waals surface area (Å²) in [6.45, 7) is 5.19. The highest BCUT2D eigenvalue weighted by Gasteiger charge is 2.16. The van der Waals surface area contributed by atoms with Crippen molar-refractivity contribution in [2.45, 2.75) is 6.92 Å². The van der Waals surface area contributed by atoms with Crippen LogP contribution in [0.5, 0.6) is 0 Å². The van der Waals surface area contributed by atoms with Crippen LogP contribution in [0.15, 0.2) is 43.2 Å². The maximum Gasteiger partial charge on any atom is 0.149 e. The van der Waals surface area contributed by atoms with E-state index in [1.54, 1.807) is 13.0 Å². The lowest BCUT2D eigenvalue weighted by Gasteiger charge is -2.04. The molecular formula is C19H14F2N6S. The van der Waals surface area contributed by atoms with Gasteiger partial charge in [-0.3, -0.25) is 0 Å². The molecule has 28 heavy (non-hydrogen) atoms. The summed E-state index contributed by atoms with van der Waals surface area (Å²) in [5.74, 6) is -0.879. The summed E-state index contributed by atoms with van der Waals surface area (Å²) < 4.78 is 29.0. The third-order valence-corrected chi connectivity index (χ3v) is 4.80. The molecule has 3 rings (SSSR count). The lowest BCUT2D eigenvalue weighted by Crippen LogP contribution is -2.31. The first-order chi connectivity index (χ1) is 13.4. The number of rotatable bonds is 4. The molecule has 1 aromatic carbocycles. The van der Waals surface area contributed by atoms with Crippen molar-refractivity contribution in [2.75, 3.05) is 5.32 Å². The van der Waals surface area contributed by atoms with E-state index in [0.29, 0.717) is 11.5 Å². The van der Waals surface area contributed by atoms with Crippen LogP contribution in [-0.4, -0.2) is 15.0 Å². The number of hydrogen-bond donors (Lipinski definition) is 2. The zero-order valence-electron chi connectivity index (χ0n) is 14.7. The number of thiazole rings is 1. The predicted octanol–water partition coefficient (Wildman–Crippen LogP) is 2.32. The molecule has 0 fully saturated rings. The molecule has 2 aromatic heterocycles. The number of allylic oxidation sites excluding steroid dienone is 1. The molecule has 140 valence electrons. The van der Waals surface area contributed by atoms with Crippen LogP contribution in [0, 0.1) is 24.1 Å². The topological polar surface area (TPSA) is 101 Å². The van der Waals surface area contributed by atoms with Crippen LogP contribution in [0.3, 0.4) is 0 Å². The number of anilines is 1. The first-order valence-electron chi connectivity index (χ1n) is 7.98. The van der Waals surface area contributed by atoms with Crippen molar-refractivity contribution in [1.29, 1.82) is 5.26 Å². The van der Waals surface area contributed by atoms with E-state index in [2.05, 4.69) is 26.8 Å². The number of aromatic nitrogens is 3. The SMILES string of the molecule is C=C/C(F)=c1/nc(-c2c(F)cccc2C#N)s/c1=C(/N)Nc1cc(C)ncn1. The highest BCUT2D eigenvalue weighted by Crippen LogP contribution is 2.26. The summed E-state index contributed by atoms with van der Waals surface area (Å²) in [7, 11) is 0. The molecule has 0 atom stereocenters. The Morgan fingerprint density at radius 3 is 2.86 bits per heavy atom. The van der Waals surface area contributed by atoms with Crippen molar-refractivity contribution in [3.8, 4) is 16.6 Å². The van der Waals surface area contributed by atoms with Gasteiger partial charge in [-0.25, -0.2) is 23.7 Å². The summed E-state index contributed by atoms with van der Waals surface area (Å²) in [4.78, 5) is 12.2. The van der Waals surface area contributed by atoms with Gasteiger partial charge in [-0.15, -0.1) is 11.3 Å². The number of nitrogens with zero attached hydrogens (tertiary/aromatic N) is 4. The monoisotopic (exact) mass is 396 g/mol. The molecule has 3 aromatic rings. The van der Waals surface area contributed by atoms with Gasteiger partial charge in [0.15, 0.2) is 0 Å². The Labute approximate surface area is 163 Å². The number of nitrogens with two attached hydrogens (primary N) is 1. The standard InChI is InChI=1S/C19H14F2N6S/c1-3-12(20)16-17(18(23)26-14-7-10(2)24-9-25-14)28-19(27-16)15-11(8-22)5-4-6-13(15)21/h3-7,9H,1,23H2,2H3,(H,24,25,26)/b16-12-,18-17-. The molecule has 0 saturated heterocycles. The van der Waals surface area contributed by atoms with E-state index in [1.807, 2.05) is 6.07 Å². The quantitative estimate of drug-likeness (QED) is 0.702. The van der Waals surface area contributed by atoms with Crippen LogP contribution < -0.4 is 20.9 Å². The van der Waals surface area contributed by atoms with E-state index in [1.165, 1.54) is 24.5 Å². The average Bonchev–Trinajstić information content (AvgIpc) is 3.12. The largest absolute Gasteiger partial charge is 0.384 e. The third-order valence-electron chi connectivity index (χ3n) is 3.69. The summed E-state index contributed by atoms with van der Waals surface area (Å²) in [6, 6.07) is 7.66. The van der Waals surface area contributed by atoms with Gasteiger partial charge in [-0.1, -0.05) is 12.6 Å². The van der Waals surface area contributed by atoms with Gasteiger partial charge in [0.1, 0.15) is 40.0 Å². The Balaban J connectivity index is 2.26. The highest BCUT2D eigenvalue weighted by atomic mass is 32.1. The fourth-order valence-corrected chi connectivity index (χ4v) is 3.46. The van der Waals surface area contributed by atoms with Crippen LogP contribution in [0.25, 0.3) is 22.2 Å². The van der Waals surface area contributed by atoms with E-state index in [0.717, 1.165) is 17.4 Å². The Hall–Kier alpha value is -3.64. The fourth-order valence-electron chi connectivity index (χ4n) is 2.42. The zero-order chi connectivity index (χ0) is 20.3. The molecule has 2 heterocycles. The van der Waals surface area contributed by atoms with Gasteiger partial charge in [-0.05, 0) is 25.1 Å². The van der Waals surface area contributed by atoms with Crippen molar-refractivity contribution in [3.63, 3.8) is 0 Å². The van der Waals surface area contributed by atoms with Crippen molar-refractivity contribution in [2.24, 2.45) is 5.73 Å². The van der Waals surface area contributed by atoms with Gasteiger partial charge in [0, 0.05) is 11.8 Å². The minimum Gasteiger partial charge on any atom is -0.384 e. The minimum absolute atomic E-state index is 0.00922. The molecule has 0 bridgehead atoms. The van der Waals surface area contributed by atoms with Crippen molar-refractivity contribution < 1.29 is 8.78 Å². The second-order valence-corrected chi connectivity index (χ2v) is 6.61. The van der Waals surface area contributed by atoms with Gasteiger partial charge in [0.25, 0.3) is 0 Å². The maximum absolute atomic E-state index is 14.4. The average molecular weight is 396 g/mol. The summed E-state index contributed by atoms with van der Waals surface area (Å²) in [6.07, 6.45) is 2.34. The highest BCUT2D eigenvalue weighted by molar-refractivity contribution is 7.13. The zero-order valence-corrected chi connectivity index (χ0v) is 15.5. The van der Waals surface area contributed by atoms with Crippen molar-refractivity contribution >= 4 is 28.8 Å². The molecule has 0 saturated carbocycles. The third kappa shape index (κ3) is 3.72. The molecule has 0 aliphatic rings. The Morgan fingerprint density at radius 1 is 1.39 bits per heavy atom. The second-order valence-electron chi connectivity index (χ2n) is 5.61. The lowest BCUT2D eigenvalue weighted by atomic mass is 10.1. The fraction of sp³-hybridized carbons (Fsp3) is 0.0526. The first kappa shape index (κ1) is 19.1. The molecule has 0 amide bonds. The van der Waals surface area contributed by atoms with Crippen LogP contribution in [0.2, 0.25) is 0 Å². The number of hydrogen-bond acceptors (Lipinski definition) is 7. The molecule has 0 aliphatic heterocycles. The van der Waals surface area contributed by atoms with E-state index >= 15 is 0 Å². The smallest absolute Gasteiger partial charge is 0.149 e. The number of benzene rings is 1. The maximum atomic E-state index is 14.4. The number of aryl methyl sites for hydroxylation is 1. The normalized spacial score (nSPS) is 12.8. The van der Waals surface area contributed by atoms with Gasteiger partial charge >= 0.3 is 0 Å². The minimum atomic E-state index is -0.726. The number of halogens is 2. The van der Waals surface area contributed by atoms with Gasteiger partial charge in [0.05, 0.1) is 21.7 Å². The molecule has 0 radical (unpaired) electrons. The molecule has 6 nitrogen and oxygen atoms in total. The van der Waals surface area contributed by atoms with Crippen LogP contribution >= 0.6 is 11.3 Å². The van der Waals surface area contributed by atoms with Crippen molar-refractivity contribution in [3.05, 3.63) is 70.2 Å². The Morgan fingerprint density at radius 2 is 2.18 bits per heavy atom. The molecule has 3 N–H and O–H groups in total. The second kappa shape index (κ2) is 7.94. The molecule has 0 unspecified atom stereocenters. The van der Waals surface area contributed by atoms with Gasteiger partial charge in [-0.2, -0.15) is 5.26 Å². The van der Waals surface area contributed by atoms with Crippen LogP contribution in [-0.2, 0) is 0 Å². The summed E-state index contributed by atoms with van der Waals surface area (Å²) >= 11 is 0.953. The predicted molar refractivity (Wildman–Crippen MR) is 104 cm³/mol. The molecule has 0 spiro atoms. The summed E-state index contributed by atoms with van der Waals surface area (Å²) in [5.41, 5.74) is 6.90. The van der Waals surface area contributed by atoms with E-state index in [4.69, 9.17) is 5.73 Å². The summed E-state index contributed by atoms with van der Waals surface area (Å²) in [5, 5.41) is 12.2. The Kier molecular flexibility index (Phi) is 5.42. The van der Waals surface area contributed by atoms with E-state index in [9.17, 15) is 14.0 Å². The molecule has 9 heteroatoms. The van der Waals surface area contributed by atoms with Gasteiger partial charge in [0.2, 0.25) is 0 Å². The molecular weight excluding hydrogens is 382 g/mol. The van der Waals surface area contributed by atoms with Gasteiger partial charge < -0.3 is 11.1 Å². The lowest BCUT2D eigenvalue weighted by molar-refractivity contribution is 0.630. The first-order valence-corrected chi connectivity index (χ1v) is 8.79. The molecule has 0 aliphatic carbocycles. The van der Waals surface area contributed by atoms with E-state index in [-0.39, 0.29) is 31.8 Å².